The van der Waals surface area contributed by atoms with Gasteiger partial charge in [0.25, 0.3) is 5.91 Å². The van der Waals surface area contributed by atoms with Crippen molar-refractivity contribution in [1.29, 1.82) is 0 Å². The van der Waals surface area contributed by atoms with Crippen molar-refractivity contribution in [1.82, 2.24) is 4.90 Å². The molecule has 1 saturated heterocycles. The number of carbonyl (C=O) groups excluding carboxylic acids is 1. The van der Waals surface area contributed by atoms with E-state index in [2.05, 4.69) is 12.2 Å². The van der Waals surface area contributed by atoms with E-state index in [9.17, 15) is 9.59 Å². The summed E-state index contributed by atoms with van der Waals surface area (Å²) in [6.07, 6.45) is 6.33. The van der Waals surface area contributed by atoms with E-state index in [-0.39, 0.29) is 23.0 Å². The number of nitrogens with zero attached hydrogens (tertiary/aromatic N) is 1. The van der Waals surface area contributed by atoms with Crippen LogP contribution in [0.1, 0.15) is 48.7 Å². The maximum atomic E-state index is 13.6. The summed E-state index contributed by atoms with van der Waals surface area (Å²) in [5.74, 6) is 0.743. The zero-order chi connectivity index (χ0) is 24.4. The summed E-state index contributed by atoms with van der Waals surface area (Å²) < 4.78 is 6.01. The number of aromatic carboxylic acids is 1. The Bertz CT molecular complexity index is 1240. The van der Waals surface area contributed by atoms with Gasteiger partial charge in [-0.25, -0.2) is 4.79 Å². The predicted molar refractivity (Wildman–Crippen MR) is 139 cm³/mol. The zero-order valence-electron chi connectivity index (χ0n) is 19.5. The van der Waals surface area contributed by atoms with E-state index in [4.69, 9.17) is 9.52 Å². The van der Waals surface area contributed by atoms with Crippen LogP contribution in [0.15, 0.2) is 76.1 Å². The van der Waals surface area contributed by atoms with E-state index in [1.54, 1.807) is 24.3 Å². The second kappa shape index (κ2) is 10.0. The van der Waals surface area contributed by atoms with Gasteiger partial charge < -0.3 is 19.7 Å². The maximum absolute atomic E-state index is 13.6. The number of carbonyl (C=O) groups is 2. The van der Waals surface area contributed by atoms with Crippen LogP contribution in [0, 0.1) is 5.92 Å². The van der Waals surface area contributed by atoms with Gasteiger partial charge in [0.15, 0.2) is 5.50 Å². The number of thioether (sulfide) groups is 1. The Morgan fingerprint density at radius 1 is 1.06 bits per heavy atom. The largest absolute Gasteiger partial charge is 0.478 e. The first-order valence-corrected chi connectivity index (χ1v) is 12.8. The fourth-order valence-electron chi connectivity index (χ4n) is 4.86. The molecule has 1 aromatic heterocycles. The van der Waals surface area contributed by atoms with Crippen LogP contribution >= 0.6 is 11.8 Å². The standard InChI is InChI=1S/C28H28N2O4S/c1-18-7-5-6-10-23(18)30-26(31)25(35-28(30)29-21-8-3-2-4-9-21)17-22-15-16-24(34-22)19-11-13-20(14-12-19)27(32)33/h2-4,8-9,11-18,23,28-29H,5-7,10H2,1H3,(H,32,33)/b25-17-/t18-,23-,28?/m1/s1. The molecule has 1 aliphatic heterocycles. The van der Waals surface area contributed by atoms with Crippen LogP contribution in [0.25, 0.3) is 17.4 Å². The Morgan fingerprint density at radius 2 is 1.80 bits per heavy atom. The Kier molecular flexibility index (Phi) is 6.68. The van der Waals surface area contributed by atoms with Gasteiger partial charge in [0.1, 0.15) is 11.5 Å². The molecule has 0 spiro atoms. The molecule has 2 N–H and O–H groups in total. The summed E-state index contributed by atoms with van der Waals surface area (Å²) in [5.41, 5.74) is 1.81. The van der Waals surface area contributed by atoms with Crippen molar-refractivity contribution in [2.45, 2.75) is 44.1 Å². The highest BCUT2D eigenvalue weighted by Crippen LogP contribution is 2.42. The molecule has 7 heteroatoms. The van der Waals surface area contributed by atoms with Crippen LogP contribution in [-0.2, 0) is 4.79 Å². The van der Waals surface area contributed by atoms with Crippen molar-refractivity contribution >= 4 is 35.4 Å². The number of hydrogen-bond acceptors (Lipinski definition) is 5. The van der Waals surface area contributed by atoms with Crippen LogP contribution in [0.3, 0.4) is 0 Å². The molecule has 1 unspecified atom stereocenters. The first-order valence-electron chi connectivity index (χ1n) is 12.0. The molecule has 0 bridgehead atoms. The average molecular weight is 489 g/mol. The molecule has 0 radical (unpaired) electrons. The monoisotopic (exact) mass is 488 g/mol. The van der Waals surface area contributed by atoms with Crippen LogP contribution in [0.5, 0.6) is 0 Å². The summed E-state index contributed by atoms with van der Waals surface area (Å²) in [4.78, 5) is 27.4. The van der Waals surface area contributed by atoms with Gasteiger partial charge in [0, 0.05) is 23.4 Å². The van der Waals surface area contributed by atoms with E-state index in [0.29, 0.717) is 22.3 Å². The molecule has 180 valence electrons. The van der Waals surface area contributed by atoms with Crippen LogP contribution in [0.4, 0.5) is 5.69 Å². The molecule has 2 aromatic carbocycles. The molecule has 35 heavy (non-hydrogen) atoms. The van der Waals surface area contributed by atoms with Gasteiger partial charge in [-0.3, -0.25) is 4.79 Å². The molecule has 3 aromatic rings. The molecule has 6 nitrogen and oxygen atoms in total. The average Bonchev–Trinajstić information content (AvgIpc) is 3.45. The predicted octanol–water partition coefficient (Wildman–Crippen LogP) is 6.54. The highest BCUT2D eigenvalue weighted by molar-refractivity contribution is 8.05. The number of carboxylic acids is 1. The van der Waals surface area contributed by atoms with Crippen molar-refractivity contribution in [3.8, 4) is 11.3 Å². The number of carboxylic acid groups (broad SMARTS) is 1. The topological polar surface area (TPSA) is 82.8 Å². The van der Waals surface area contributed by atoms with E-state index in [1.807, 2.05) is 53.4 Å². The van der Waals surface area contributed by atoms with Crippen molar-refractivity contribution < 1.29 is 19.1 Å². The summed E-state index contributed by atoms with van der Waals surface area (Å²) in [6, 6.07) is 20.4. The molecule has 5 rings (SSSR count). The van der Waals surface area contributed by atoms with Crippen molar-refractivity contribution in [2.75, 3.05) is 5.32 Å². The van der Waals surface area contributed by atoms with Crippen LogP contribution < -0.4 is 5.32 Å². The number of rotatable bonds is 6. The smallest absolute Gasteiger partial charge is 0.335 e. The molecule has 3 atom stereocenters. The molecular weight excluding hydrogens is 460 g/mol. The van der Waals surface area contributed by atoms with Crippen molar-refractivity contribution in [3.05, 3.63) is 83.0 Å². The first kappa shape index (κ1) is 23.3. The van der Waals surface area contributed by atoms with Gasteiger partial charge in [0.2, 0.25) is 0 Å². The lowest BCUT2D eigenvalue weighted by Gasteiger charge is -2.39. The number of hydrogen-bond donors (Lipinski definition) is 2. The number of nitrogens with one attached hydrogen (secondary N) is 1. The number of para-hydroxylation sites is 1. The second-order valence-corrected chi connectivity index (χ2v) is 10.2. The summed E-state index contributed by atoms with van der Waals surface area (Å²) in [7, 11) is 0. The minimum atomic E-state index is -0.964. The Balaban J connectivity index is 1.40. The number of furan rings is 1. The minimum Gasteiger partial charge on any atom is -0.478 e. The number of benzene rings is 2. The fourth-order valence-corrected chi connectivity index (χ4v) is 6.05. The molecule has 2 fully saturated rings. The molecule has 2 heterocycles. The van der Waals surface area contributed by atoms with E-state index in [1.165, 1.54) is 18.2 Å². The third-order valence-corrected chi connectivity index (χ3v) is 7.86. The van der Waals surface area contributed by atoms with Crippen LogP contribution in [-0.4, -0.2) is 33.4 Å². The van der Waals surface area contributed by atoms with Gasteiger partial charge in [0.05, 0.1) is 10.5 Å². The van der Waals surface area contributed by atoms with Gasteiger partial charge >= 0.3 is 5.97 Å². The minimum absolute atomic E-state index is 0.0333. The summed E-state index contributed by atoms with van der Waals surface area (Å²) in [6.45, 7) is 2.25. The fraction of sp³-hybridized carbons (Fsp3) is 0.286. The third-order valence-electron chi connectivity index (χ3n) is 6.74. The van der Waals surface area contributed by atoms with Gasteiger partial charge in [-0.2, -0.15) is 0 Å². The highest BCUT2D eigenvalue weighted by atomic mass is 32.2. The lowest BCUT2D eigenvalue weighted by molar-refractivity contribution is -0.129. The van der Waals surface area contributed by atoms with Gasteiger partial charge in [-0.05, 0) is 55.2 Å². The number of anilines is 1. The lowest BCUT2D eigenvalue weighted by Crippen LogP contribution is -2.48. The Hall–Kier alpha value is -3.45. The molecule has 1 saturated carbocycles. The highest BCUT2D eigenvalue weighted by Gasteiger charge is 2.43. The van der Waals surface area contributed by atoms with Gasteiger partial charge in [-0.1, -0.05) is 61.9 Å². The molecule has 2 aliphatic rings. The summed E-state index contributed by atoms with van der Waals surface area (Å²) in [5, 5.41) is 12.7. The van der Waals surface area contributed by atoms with Gasteiger partial charge in [-0.15, -0.1) is 0 Å². The zero-order valence-corrected chi connectivity index (χ0v) is 20.3. The quantitative estimate of drug-likeness (QED) is 0.384. The second-order valence-electron chi connectivity index (χ2n) is 9.12. The SMILES string of the molecule is C[C@@H]1CCCC[C@H]1N1C(=O)/C(=C/c2ccc(-c3ccc(C(=O)O)cc3)o2)SC1Nc1ccccc1. The van der Waals surface area contributed by atoms with E-state index in [0.717, 1.165) is 30.5 Å². The Morgan fingerprint density at radius 3 is 2.51 bits per heavy atom. The molecular formula is C28H28N2O4S. The molecule has 1 amide bonds. The lowest BCUT2D eigenvalue weighted by atomic mass is 9.85. The van der Waals surface area contributed by atoms with E-state index >= 15 is 0 Å². The van der Waals surface area contributed by atoms with E-state index < -0.39 is 5.97 Å². The number of amides is 1. The first-order chi connectivity index (χ1) is 17.0. The Labute approximate surface area is 209 Å². The summed E-state index contributed by atoms with van der Waals surface area (Å²) >= 11 is 1.52. The normalized spacial score (nSPS) is 23.6. The third kappa shape index (κ3) is 5.00. The van der Waals surface area contributed by atoms with Crippen LogP contribution in [0.2, 0.25) is 0 Å². The molecule has 1 aliphatic carbocycles. The van der Waals surface area contributed by atoms with Crippen molar-refractivity contribution in [3.63, 3.8) is 0 Å². The van der Waals surface area contributed by atoms with Crippen molar-refractivity contribution in [2.24, 2.45) is 5.92 Å². The maximum Gasteiger partial charge on any atom is 0.335 e.